The largest absolute Gasteiger partial charge is 0.322 e. The Bertz CT molecular complexity index is 832. The number of imidazole rings is 1. The van der Waals surface area contributed by atoms with Gasteiger partial charge in [-0.15, -0.1) is 0 Å². The highest BCUT2D eigenvalue weighted by Crippen LogP contribution is 2.22. The molecule has 4 nitrogen and oxygen atoms in total. The van der Waals surface area contributed by atoms with Crippen LogP contribution in [0.3, 0.4) is 0 Å². The minimum absolute atomic E-state index is 0.0728. The molecule has 0 aliphatic rings. The molecule has 96 valence electrons. The van der Waals surface area contributed by atoms with Crippen molar-refractivity contribution in [3.05, 3.63) is 55.9 Å². The second-order valence-electron chi connectivity index (χ2n) is 4.57. The highest BCUT2D eigenvalue weighted by molar-refractivity contribution is 14.1. The summed E-state index contributed by atoms with van der Waals surface area (Å²) in [4.78, 5) is 18.7. The van der Waals surface area contributed by atoms with E-state index in [9.17, 15) is 4.79 Å². The molecule has 1 aromatic carbocycles. The maximum atomic E-state index is 11.4. The zero-order chi connectivity index (χ0) is 13.6. The number of hydrogen-bond donors (Lipinski definition) is 1. The highest BCUT2D eigenvalue weighted by atomic mass is 127. The van der Waals surface area contributed by atoms with Crippen LogP contribution in [-0.2, 0) is 0 Å². The number of H-pyrrole nitrogens is 1. The number of aromatic amines is 1. The van der Waals surface area contributed by atoms with Crippen LogP contribution in [0.1, 0.15) is 11.3 Å². The number of rotatable bonds is 1. The molecule has 3 aromatic rings. The van der Waals surface area contributed by atoms with E-state index in [1.807, 2.05) is 30.7 Å². The average molecular weight is 365 g/mol. The standard InChI is InChI=1S/C14H12IN3O/c1-8-5-11(18-7-9(2)16-14(18)15)6-10-3-4-12(19)17-13(8)10/h3-7H,1-2H3,(H,17,19). The first-order chi connectivity index (χ1) is 9.04. The molecule has 0 aliphatic heterocycles. The predicted octanol–water partition coefficient (Wildman–Crippen LogP) is 2.94. The number of pyridine rings is 1. The van der Waals surface area contributed by atoms with Gasteiger partial charge in [-0.2, -0.15) is 0 Å². The Labute approximate surface area is 123 Å². The van der Waals surface area contributed by atoms with Crippen molar-refractivity contribution in [2.24, 2.45) is 0 Å². The number of benzene rings is 1. The Balaban J connectivity index is 2.29. The zero-order valence-electron chi connectivity index (χ0n) is 10.6. The van der Waals surface area contributed by atoms with Gasteiger partial charge in [0.25, 0.3) is 0 Å². The molecule has 1 N–H and O–H groups in total. The second kappa shape index (κ2) is 4.48. The lowest BCUT2D eigenvalue weighted by Crippen LogP contribution is -2.04. The van der Waals surface area contributed by atoms with Crippen molar-refractivity contribution in [1.29, 1.82) is 0 Å². The van der Waals surface area contributed by atoms with Crippen LogP contribution in [0.5, 0.6) is 0 Å². The highest BCUT2D eigenvalue weighted by Gasteiger charge is 2.07. The molecule has 2 heterocycles. The Morgan fingerprint density at radius 1 is 1.26 bits per heavy atom. The molecule has 0 saturated heterocycles. The lowest BCUT2D eigenvalue weighted by Gasteiger charge is -2.08. The van der Waals surface area contributed by atoms with Crippen LogP contribution in [-0.4, -0.2) is 14.5 Å². The SMILES string of the molecule is Cc1cn(-c2cc(C)c3[nH]c(=O)ccc3c2)c(I)n1. The van der Waals surface area contributed by atoms with Crippen molar-refractivity contribution >= 4 is 33.5 Å². The van der Waals surface area contributed by atoms with Crippen molar-refractivity contribution in [2.75, 3.05) is 0 Å². The van der Waals surface area contributed by atoms with Gasteiger partial charge in [-0.1, -0.05) is 0 Å². The summed E-state index contributed by atoms with van der Waals surface area (Å²) in [5, 5.41) is 1.02. The van der Waals surface area contributed by atoms with Crippen LogP contribution in [0.4, 0.5) is 0 Å². The number of hydrogen-bond acceptors (Lipinski definition) is 2. The first-order valence-electron chi connectivity index (χ1n) is 5.90. The molecular formula is C14H12IN3O. The average Bonchev–Trinajstić information content (AvgIpc) is 2.69. The lowest BCUT2D eigenvalue weighted by molar-refractivity contribution is 1.01. The van der Waals surface area contributed by atoms with Crippen LogP contribution >= 0.6 is 22.6 Å². The summed E-state index contributed by atoms with van der Waals surface area (Å²) in [6.07, 6.45) is 2.01. The Morgan fingerprint density at radius 3 is 2.74 bits per heavy atom. The van der Waals surface area contributed by atoms with Gasteiger partial charge in [0.1, 0.15) is 0 Å². The van der Waals surface area contributed by atoms with Gasteiger partial charge in [0.15, 0.2) is 3.83 Å². The van der Waals surface area contributed by atoms with Crippen molar-refractivity contribution < 1.29 is 0 Å². The van der Waals surface area contributed by atoms with E-state index in [2.05, 4.69) is 44.7 Å². The number of fused-ring (bicyclic) bond motifs is 1. The number of aryl methyl sites for hydroxylation is 2. The molecule has 0 unspecified atom stereocenters. The lowest BCUT2D eigenvalue weighted by atomic mass is 10.1. The zero-order valence-corrected chi connectivity index (χ0v) is 12.7. The molecule has 0 saturated carbocycles. The van der Waals surface area contributed by atoms with Gasteiger partial charge in [-0.05, 0) is 37.6 Å². The van der Waals surface area contributed by atoms with Crippen molar-refractivity contribution in [3.8, 4) is 5.69 Å². The van der Waals surface area contributed by atoms with E-state index < -0.39 is 0 Å². The molecule has 0 radical (unpaired) electrons. The minimum atomic E-state index is -0.0728. The van der Waals surface area contributed by atoms with Gasteiger partial charge < -0.3 is 4.98 Å². The summed E-state index contributed by atoms with van der Waals surface area (Å²) in [6.45, 7) is 3.97. The number of aromatic nitrogens is 3. The summed E-state index contributed by atoms with van der Waals surface area (Å²) in [7, 11) is 0. The third-order valence-corrected chi connectivity index (χ3v) is 3.84. The first-order valence-corrected chi connectivity index (χ1v) is 6.98. The monoisotopic (exact) mass is 365 g/mol. The first kappa shape index (κ1) is 12.4. The maximum absolute atomic E-state index is 11.4. The van der Waals surface area contributed by atoms with E-state index in [4.69, 9.17) is 0 Å². The van der Waals surface area contributed by atoms with Gasteiger partial charge in [0.2, 0.25) is 5.56 Å². The fraction of sp³-hybridized carbons (Fsp3) is 0.143. The number of halogens is 1. The third-order valence-electron chi connectivity index (χ3n) is 3.07. The van der Waals surface area contributed by atoms with Crippen molar-refractivity contribution in [1.82, 2.24) is 14.5 Å². The molecule has 0 aliphatic carbocycles. The molecule has 19 heavy (non-hydrogen) atoms. The van der Waals surface area contributed by atoms with Crippen LogP contribution in [0.15, 0.2) is 35.3 Å². The summed E-state index contributed by atoms with van der Waals surface area (Å²) in [6, 6.07) is 7.51. The van der Waals surface area contributed by atoms with Crippen LogP contribution < -0.4 is 5.56 Å². The molecule has 5 heteroatoms. The summed E-state index contributed by atoms with van der Waals surface area (Å²) in [5.41, 5.74) is 3.91. The Hall–Kier alpha value is -1.63. The molecule has 0 bridgehead atoms. The summed E-state index contributed by atoms with van der Waals surface area (Å²) in [5.74, 6) is 0. The normalized spacial score (nSPS) is 11.1. The fourth-order valence-electron chi connectivity index (χ4n) is 2.22. The third kappa shape index (κ3) is 2.18. The summed E-state index contributed by atoms with van der Waals surface area (Å²) >= 11 is 2.22. The molecule has 3 rings (SSSR count). The van der Waals surface area contributed by atoms with Gasteiger partial charge in [-0.3, -0.25) is 9.36 Å². The smallest absolute Gasteiger partial charge is 0.248 e. The van der Waals surface area contributed by atoms with Crippen molar-refractivity contribution in [2.45, 2.75) is 13.8 Å². The van der Waals surface area contributed by atoms with Gasteiger partial charge in [0, 0.05) is 45.9 Å². The Kier molecular flexibility index (Phi) is 2.93. The van der Waals surface area contributed by atoms with Gasteiger partial charge in [-0.25, -0.2) is 4.98 Å². The molecule has 0 fully saturated rings. The quantitative estimate of drug-likeness (QED) is 0.675. The van der Waals surface area contributed by atoms with Crippen LogP contribution in [0.25, 0.3) is 16.6 Å². The number of nitrogens with one attached hydrogen (secondary N) is 1. The van der Waals surface area contributed by atoms with E-state index in [-0.39, 0.29) is 5.56 Å². The Morgan fingerprint density at radius 2 is 2.05 bits per heavy atom. The molecule has 0 atom stereocenters. The van der Waals surface area contributed by atoms with E-state index >= 15 is 0 Å². The molecule has 0 amide bonds. The second-order valence-corrected chi connectivity index (χ2v) is 5.54. The van der Waals surface area contributed by atoms with E-state index in [1.54, 1.807) is 6.07 Å². The fourth-order valence-corrected chi connectivity index (χ4v) is 3.01. The topological polar surface area (TPSA) is 50.7 Å². The van der Waals surface area contributed by atoms with E-state index in [0.29, 0.717) is 0 Å². The van der Waals surface area contributed by atoms with E-state index in [1.165, 1.54) is 0 Å². The van der Waals surface area contributed by atoms with Crippen molar-refractivity contribution in [3.63, 3.8) is 0 Å². The molecule has 2 aromatic heterocycles. The molecular weight excluding hydrogens is 353 g/mol. The minimum Gasteiger partial charge on any atom is -0.322 e. The maximum Gasteiger partial charge on any atom is 0.248 e. The van der Waals surface area contributed by atoms with Gasteiger partial charge in [0.05, 0.1) is 11.2 Å². The van der Waals surface area contributed by atoms with Crippen LogP contribution in [0, 0.1) is 17.7 Å². The summed E-state index contributed by atoms with van der Waals surface area (Å²) < 4.78 is 2.98. The van der Waals surface area contributed by atoms with E-state index in [0.717, 1.165) is 31.7 Å². The van der Waals surface area contributed by atoms with Gasteiger partial charge >= 0.3 is 0 Å². The number of nitrogens with zero attached hydrogens (tertiary/aromatic N) is 2. The predicted molar refractivity (Wildman–Crippen MR) is 83.9 cm³/mol. The molecule has 0 spiro atoms. The van der Waals surface area contributed by atoms with Crippen LogP contribution in [0.2, 0.25) is 0 Å².